The molecule has 0 N–H and O–H groups in total. The molecule has 0 bridgehead atoms. The predicted molar refractivity (Wildman–Crippen MR) is 114 cm³/mol. The Kier molecular flexibility index (Phi) is 5.18. The summed E-state index contributed by atoms with van der Waals surface area (Å²) < 4.78 is 16.3. The van der Waals surface area contributed by atoms with Crippen LogP contribution in [0.5, 0.6) is 17.2 Å². The molecule has 2 amide bonds. The molecule has 1 aliphatic carbocycles. The van der Waals surface area contributed by atoms with Crippen LogP contribution < -0.4 is 14.2 Å². The van der Waals surface area contributed by atoms with Gasteiger partial charge in [0.15, 0.2) is 11.5 Å². The molecule has 1 saturated carbocycles. The quantitative estimate of drug-likeness (QED) is 0.741. The maximum absolute atomic E-state index is 13.0. The Morgan fingerprint density at radius 2 is 1.68 bits per heavy atom. The van der Waals surface area contributed by atoms with Crippen molar-refractivity contribution in [2.24, 2.45) is 5.92 Å². The molecule has 7 nitrogen and oxygen atoms in total. The van der Waals surface area contributed by atoms with Crippen molar-refractivity contribution in [3.8, 4) is 17.2 Å². The van der Waals surface area contributed by atoms with Crippen LogP contribution in [0.3, 0.4) is 0 Å². The first kappa shape index (κ1) is 19.7. The zero-order valence-electron chi connectivity index (χ0n) is 17.6. The van der Waals surface area contributed by atoms with Crippen molar-refractivity contribution in [3.05, 3.63) is 53.6 Å². The summed E-state index contributed by atoms with van der Waals surface area (Å²) in [7, 11) is 0. The fraction of sp³-hybridized carbons (Fsp3) is 0.417. The lowest BCUT2D eigenvalue weighted by atomic mass is 10.1. The van der Waals surface area contributed by atoms with Crippen LogP contribution in [0, 0.1) is 5.92 Å². The SMILES string of the molecule is CCOc1ccc(C(=O)N2CCN(C(=O)C3CC3c3ccc4c(c3)OCO4)CC2)cc1. The van der Waals surface area contributed by atoms with Gasteiger partial charge in [0.2, 0.25) is 12.7 Å². The highest BCUT2D eigenvalue weighted by molar-refractivity contribution is 5.94. The second-order valence-electron chi connectivity index (χ2n) is 8.14. The Hall–Kier alpha value is -3.22. The minimum Gasteiger partial charge on any atom is -0.494 e. The maximum Gasteiger partial charge on any atom is 0.253 e. The minimum absolute atomic E-state index is 0.000180. The van der Waals surface area contributed by atoms with Crippen molar-refractivity contribution in [3.63, 3.8) is 0 Å². The lowest BCUT2D eigenvalue weighted by Crippen LogP contribution is -2.51. The van der Waals surface area contributed by atoms with Crippen molar-refractivity contribution in [1.29, 1.82) is 0 Å². The molecule has 5 rings (SSSR count). The average molecular weight is 422 g/mol. The highest BCUT2D eigenvalue weighted by atomic mass is 16.7. The fourth-order valence-electron chi connectivity index (χ4n) is 4.39. The Morgan fingerprint density at radius 3 is 2.42 bits per heavy atom. The van der Waals surface area contributed by atoms with Gasteiger partial charge in [-0.15, -0.1) is 0 Å². The number of ether oxygens (including phenoxy) is 3. The largest absolute Gasteiger partial charge is 0.494 e. The number of carbonyl (C=O) groups is 2. The molecule has 2 fully saturated rings. The number of carbonyl (C=O) groups excluding carboxylic acids is 2. The third kappa shape index (κ3) is 3.92. The van der Waals surface area contributed by atoms with E-state index in [0.717, 1.165) is 29.2 Å². The number of nitrogens with zero attached hydrogens (tertiary/aromatic N) is 2. The van der Waals surface area contributed by atoms with Gasteiger partial charge in [0, 0.05) is 37.7 Å². The molecule has 162 valence electrons. The van der Waals surface area contributed by atoms with Gasteiger partial charge in [0.05, 0.1) is 6.61 Å². The highest BCUT2D eigenvalue weighted by Gasteiger charge is 2.46. The van der Waals surface area contributed by atoms with Gasteiger partial charge in [-0.25, -0.2) is 0 Å². The highest BCUT2D eigenvalue weighted by Crippen LogP contribution is 2.50. The number of amides is 2. The van der Waals surface area contributed by atoms with Crippen molar-refractivity contribution >= 4 is 11.8 Å². The van der Waals surface area contributed by atoms with Crippen LogP contribution in [-0.2, 0) is 4.79 Å². The summed E-state index contributed by atoms with van der Waals surface area (Å²) in [5.74, 6) is 2.74. The number of rotatable bonds is 5. The smallest absolute Gasteiger partial charge is 0.253 e. The Balaban J connectivity index is 1.14. The standard InChI is InChI=1S/C24H26N2O5/c1-2-29-18-6-3-16(4-7-18)23(27)25-9-11-26(12-10-25)24(28)20-14-19(20)17-5-8-21-22(13-17)31-15-30-21/h3-8,13,19-20H,2,9-12,14-15H2,1H3. The number of piperazine rings is 1. The molecule has 0 spiro atoms. The van der Waals surface area contributed by atoms with E-state index in [1.807, 2.05) is 47.1 Å². The van der Waals surface area contributed by atoms with Gasteiger partial charge >= 0.3 is 0 Å². The van der Waals surface area contributed by atoms with Gasteiger partial charge < -0.3 is 24.0 Å². The van der Waals surface area contributed by atoms with Crippen LogP contribution in [0.15, 0.2) is 42.5 Å². The summed E-state index contributed by atoms with van der Waals surface area (Å²) in [6.07, 6.45) is 0.865. The van der Waals surface area contributed by atoms with E-state index >= 15 is 0 Å². The zero-order chi connectivity index (χ0) is 21.4. The maximum atomic E-state index is 13.0. The Labute approximate surface area is 181 Å². The number of hydrogen-bond donors (Lipinski definition) is 0. The van der Waals surface area contributed by atoms with E-state index in [1.54, 1.807) is 12.1 Å². The first-order valence-electron chi connectivity index (χ1n) is 10.8. The van der Waals surface area contributed by atoms with Crippen molar-refractivity contribution < 1.29 is 23.8 Å². The second-order valence-corrected chi connectivity index (χ2v) is 8.14. The summed E-state index contributed by atoms with van der Waals surface area (Å²) in [5, 5.41) is 0. The van der Waals surface area contributed by atoms with Crippen LogP contribution in [0.4, 0.5) is 0 Å². The molecule has 2 unspecified atom stereocenters. The molecular weight excluding hydrogens is 396 g/mol. The first-order valence-corrected chi connectivity index (χ1v) is 10.8. The molecule has 0 aromatic heterocycles. The van der Waals surface area contributed by atoms with E-state index < -0.39 is 0 Å². The van der Waals surface area contributed by atoms with E-state index in [9.17, 15) is 9.59 Å². The number of hydrogen-bond acceptors (Lipinski definition) is 5. The van der Waals surface area contributed by atoms with Gasteiger partial charge in [0.1, 0.15) is 5.75 Å². The third-order valence-electron chi connectivity index (χ3n) is 6.22. The summed E-state index contributed by atoms with van der Waals surface area (Å²) in [4.78, 5) is 29.5. The van der Waals surface area contributed by atoms with E-state index in [2.05, 4.69) is 0 Å². The van der Waals surface area contributed by atoms with Gasteiger partial charge in [-0.1, -0.05) is 6.07 Å². The van der Waals surface area contributed by atoms with Crippen molar-refractivity contribution in [2.45, 2.75) is 19.3 Å². The monoisotopic (exact) mass is 422 g/mol. The molecule has 1 saturated heterocycles. The van der Waals surface area contributed by atoms with Gasteiger partial charge in [0.25, 0.3) is 5.91 Å². The van der Waals surface area contributed by atoms with Gasteiger partial charge in [-0.05, 0) is 61.2 Å². The summed E-state index contributed by atoms with van der Waals surface area (Å²) in [5.41, 5.74) is 1.78. The molecule has 2 atom stereocenters. The first-order chi connectivity index (χ1) is 15.1. The van der Waals surface area contributed by atoms with E-state index in [4.69, 9.17) is 14.2 Å². The molecule has 2 aromatic carbocycles. The van der Waals surface area contributed by atoms with Crippen molar-refractivity contribution in [1.82, 2.24) is 9.80 Å². The lowest BCUT2D eigenvalue weighted by molar-refractivity contribution is -0.134. The second kappa shape index (κ2) is 8.13. The molecular formula is C24H26N2O5. The molecule has 7 heteroatoms. The van der Waals surface area contributed by atoms with Crippen LogP contribution in [-0.4, -0.2) is 61.2 Å². The van der Waals surface area contributed by atoms with Crippen LogP contribution in [0.1, 0.15) is 35.2 Å². The van der Waals surface area contributed by atoms with Crippen LogP contribution in [0.25, 0.3) is 0 Å². The van der Waals surface area contributed by atoms with Gasteiger partial charge in [-0.2, -0.15) is 0 Å². The van der Waals surface area contributed by atoms with Gasteiger partial charge in [-0.3, -0.25) is 9.59 Å². The molecule has 3 aliphatic rings. The van der Waals surface area contributed by atoms with Crippen LogP contribution >= 0.6 is 0 Å². The summed E-state index contributed by atoms with van der Waals surface area (Å²) >= 11 is 0. The molecule has 2 aromatic rings. The van der Waals surface area contributed by atoms with E-state index in [0.29, 0.717) is 38.3 Å². The minimum atomic E-state index is -0.000180. The average Bonchev–Trinajstić information content (AvgIpc) is 3.47. The molecule has 31 heavy (non-hydrogen) atoms. The number of fused-ring (bicyclic) bond motifs is 1. The molecule has 2 heterocycles. The normalized spacial score (nSPS) is 21.7. The van der Waals surface area contributed by atoms with Crippen molar-refractivity contribution in [2.75, 3.05) is 39.6 Å². The zero-order valence-corrected chi connectivity index (χ0v) is 17.6. The Bertz CT molecular complexity index is 982. The summed E-state index contributed by atoms with van der Waals surface area (Å²) in [6.45, 7) is 5.04. The number of benzene rings is 2. The molecule has 0 radical (unpaired) electrons. The predicted octanol–water partition coefficient (Wildman–Crippen LogP) is 2.90. The third-order valence-corrected chi connectivity index (χ3v) is 6.22. The van der Waals surface area contributed by atoms with Crippen LogP contribution in [0.2, 0.25) is 0 Å². The molecule has 2 aliphatic heterocycles. The van der Waals surface area contributed by atoms with E-state index in [-0.39, 0.29) is 30.4 Å². The lowest BCUT2D eigenvalue weighted by Gasteiger charge is -2.35. The van der Waals surface area contributed by atoms with E-state index in [1.165, 1.54) is 0 Å². The fourth-order valence-corrected chi connectivity index (χ4v) is 4.39. The topological polar surface area (TPSA) is 68.3 Å². The summed E-state index contributed by atoms with van der Waals surface area (Å²) in [6, 6.07) is 13.2. The Morgan fingerprint density at radius 1 is 0.968 bits per heavy atom.